The Bertz CT molecular complexity index is 1250. The number of hydrogen-bond donors (Lipinski definition) is 0. The molecule has 0 radical (unpaired) electrons. The van der Waals surface area contributed by atoms with Crippen LogP contribution in [0.3, 0.4) is 0 Å². The topological polar surface area (TPSA) is 71.1 Å². The van der Waals surface area contributed by atoms with Crippen molar-refractivity contribution in [2.45, 2.75) is 6.42 Å². The average molecular weight is 483 g/mol. The monoisotopic (exact) mass is 482 g/mol. The number of carbonyl (C=O) groups excluding carboxylic acids is 2. The van der Waals surface area contributed by atoms with Crippen molar-refractivity contribution in [1.29, 1.82) is 0 Å². The molecule has 0 saturated carbocycles. The molecule has 36 heavy (non-hydrogen) atoms. The van der Waals surface area contributed by atoms with Crippen LogP contribution in [0.1, 0.15) is 26.3 Å². The van der Waals surface area contributed by atoms with Crippen molar-refractivity contribution in [2.75, 3.05) is 19.8 Å². The molecule has 6 nitrogen and oxygen atoms in total. The lowest BCUT2D eigenvalue weighted by Gasteiger charge is -2.12. The normalized spacial score (nSPS) is 10.3. The number of rotatable bonds is 11. The fraction of sp³-hybridized carbons (Fsp3) is 0.133. The largest absolute Gasteiger partial charge is 0.490 e. The van der Waals surface area contributed by atoms with Crippen LogP contribution in [0, 0.1) is 0 Å². The van der Waals surface area contributed by atoms with Gasteiger partial charge in [0.1, 0.15) is 36.0 Å². The summed E-state index contributed by atoms with van der Waals surface area (Å²) in [6, 6.07) is 32.3. The van der Waals surface area contributed by atoms with Crippen LogP contribution in [0.15, 0.2) is 109 Å². The zero-order chi connectivity index (χ0) is 25.0. The van der Waals surface area contributed by atoms with Gasteiger partial charge in [0.05, 0.1) is 12.2 Å². The van der Waals surface area contributed by atoms with Gasteiger partial charge in [0.15, 0.2) is 0 Å². The summed E-state index contributed by atoms with van der Waals surface area (Å²) in [6.45, 7) is 0.878. The number of hydrogen-bond acceptors (Lipinski definition) is 6. The molecule has 4 aromatic carbocycles. The van der Waals surface area contributed by atoms with Crippen LogP contribution < -0.4 is 14.2 Å². The summed E-state index contributed by atoms with van der Waals surface area (Å²) in [5, 5.41) is 0. The fourth-order valence-electron chi connectivity index (χ4n) is 3.40. The molecule has 4 rings (SSSR count). The second kappa shape index (κ2) is 12.8. The molecular formula is C30H26O6. The predicted octanol–water partition coefficient (Wildman–Crippen LogP) is 5.76. The van der Waals surface area contributed by atoms with Crippen molar-refractivity contribution in [1.82, 2.24) is 0 Å². The molecular weight excluding hydrogens is 456 g/mol. The van der Waals surface area contributed by atoms with Crippen molar-refractivity contribution in [3.05, 3.63) is 126 Å². The second-order valence-electron chi connectivity index (χ2n) is 7.79. The second-order valence-corrected chi connectivity index (χ2v) is 7.79. The van der Waals surface area contributed by atoms with Crippen LogP contribution in [0.2, 0.25) is 0 Å². The quantitative estimate of drug-likeness (QED) is 0.154. The van der Waals surface area contributed by atoms with Gasteiger partial charge in [-0.15, -0.1) is 0 Å². The van der Waals surface area contributed by atoms with Crippen LogP contribution in [0.4, 0.5) is 0 Å². The van der Waals surface area contributed by atoms with Gasteiger partial charge in [-0.2, -0.15) is 0 Å². The molecule has 0 saturated heterocycles. The molecule has 0 atom stereocenters. The first-order valence-electron chi connectivity index (χ1n) is 11.6. The van der Waals surface area contributed by atoms with E-state index in [-0.39, 0.29) is 13.2 Å². The first kappa shape index (κ1) is 24.5. The molecule has 0 unspecified atom stereocenters. The zero-order valence-corrected chi connectivity index (χ0v) is 19.7. The van der Waals surface area contributed by atoms with Gasteiger partial charge < -0.3 is 18.9 Å². The van der Waals surface area contributed by atoms with E-state index in [1.54, 1.807) is 48.5 Å². The van der Waals surface area contributed by atoms with E-state index in [1.807, 2.05) is 60.7 Å². The van der Waals surface area contributed by atoms with Gasteiger partial charge >= 0.3 is 11.9 Å². The Morgan fingerprint density at radius 3 is 1.94 bits per heavy atom. The number of benzene rings is 4. The minimum Gasteiger partial charge on any atom is -0.490 e. The third-order valence-corrected chi connectivity index (χ3v) is 5.23. The van der Waals surface area contributed by atoms with Crippen LogP contribution in [0.25, 0.3) is 0 Å². The average Bonchev–Trinajstić information content (AvgIpc) is 2.93. The summed E-state index contributed by atoms with van der Waals surface area (Å²) in [5.74, 6) is 0.464. The summed E-state index contributed by atoms with van der Waals surface area (Å²) in [6.07, 6.45) is 0.641. The third-order valence-electron chi connectivity index (χ3n) is 5.23. The predicted molar refractivity (Wildman–Crippen MR) is 136 cm³/mol. The van der Waals surface area contributed by atoms with Gasteiger partial charge in [-0.05, 0) is 54.1 Å². The van der Waals surface area contributed by atoms with Crippen molar-refractivity contribution >= 4 is 11.9 Å². The lowest BCUT2D eigenvalue weighted by Crippen LogP contribution is -2.14. The highest BCUT2D eigenvalue weighted by Crippen LogP contribution is 2.21. The first-order chi connectivity index (χ1) is 17.7. The van der Waals surface area contributed by atoms with Gasteiger partial charge in [0, 0.05) is 6.42 Å². The summed E-state index contributed by atoms with van der Waals surface area (Å²) < 4.78 is 22.2. The third kappa shape index (κ3) is 7.21. The van der Waals surface area contributed by atoms with Gasteiger partial charge in [0.2, 0.25) is 0 Å². The molecule has 0 fully saturated rings. The fourth-order valence-corrected chi connectivity index (χ4v) is 3.40. The molecule has 0 amide bonds. The van der Waals surface area contributed by atoms with E-state index in [9.17, 15) is 9.59 Å². The highest BCUT2D eigenvalue weighted by Gasteiger charge is 2.15. The van der Waals surface area contributed by atoms with Crippen LogP contribution in [-0.4, -0.2) is 31.8 Å². The highest BCUT2D eigenvalue weighted by molar-refractivity contribution is 5.94. The molecule has 0 bridgehead atoms. The molecule has 4 aromatic rings. The lowest BCUT2D eigenvalue weighted by molar-refractivity contribution is 0.0509. The molecule has 0 heterocycles. The Morgan fingerprint density at radius 2 is 1.19 bits per heavy atom. The molecule has 182 valence electrons. The number of para-hydroxylation sites is 2. The summed E-state index contributed by atoms with van der Waals surface area (Å²) >= 11 is 0. The lowest BCUT2D eigenvalue weighted by atomic mass is 10.2. The summed E-state index contributed by atoms with van der Waals surface area (Å²) in [4.78, 5) is 25.1. The maximum atomic E-state index is 12.8. The van der Waals surface area contributed by atoms with Crippen molar-refractivity contribution in [3.63, 3.8) is 0 Å². The summed E-state index contributed by atoms with van der Waals surface area (Å²) in [7, 11) is 0. The molecule has 0 aromatic heterocycles. The Hall–Kier alpha value is -4.58. The standard InChI is InChI=1S/C30H26O6/c31-29(35-20-19-23-9-3-1-4-10-23)24-15-17-26(18-16-24)36-30(32)27-13-7-8-14-28(27)34-22-21-33-25-11-5-2-6-12-25/h1-18H,19-22H2. The molecule has 0 aliphatic heterocycles. The van der Waals surface area contributed by atoms with Crippen LogP contribution >= 0.6 is 0 Å². The number of carbonyl (C=O) groups is 2. The smallest absolute Gasteiger partial charge is 0.347 e. The van der Waals surface area contributed by atoms with E-state index in [2.05, 4.69) is 0 Å². The molecule has 0 N–H and O–H groups in total. The Kier molecular flexibility index (Phi) is 8.70. The maximum Gasteiger partial charge on any atom is 0.347 e. The minimum absolute atomic E-state index is 0.264. The molecule has 0 spiro atoms. The number of ether oxygens (including phenoxy) is 4. The molecule has 0 aliphatic carbocycles. The Labute approximate surface area is 210 Å². The van der Waals surface area contributed by atoms with E-state index < -0.39 is 11.9 Å². The Morgan fingerprint density at radius 1 is 0.556 bits per heavy atom. The first-order valence-corrected chi connectivity index (χ1v) is 11.6. The maximum absolute atomic E-state index is 12.8. The van der Waals surface area contributed by atoms with Gasteiger partial charge in [0.25, 0.3) is 0 Å². The highest BCUT2D eigenvalue weighted by atomic mass is 16.5. The van der Waals surface area contributed by atoms with Crippen LogP contribution in [0.5, 0.6) is 17.2 Å². The number of esters is 2. The molecule has 6 heteroatoms. The van der Waals surface area contributed by atoms with E-state index in [0.717, 1.165) is 11.3 Å². The zero-order valence-electron chi connectivity index (χ0n) is 19.7. The van der Waals surface area contributed by atoms with Gasteiger partial charge in [-0.1, -0.05) is 60.7 Å². The van der Waals surface area contributed by atoms with Crippen molar-refractivity contribution < 1.29 is 28.5 Å². The van der Waals surface area contributed by atoms with E-state index >= 15 is 0 Å². The minimum atomic E-state index is -0.562. The van der Waals surface area contributed by atoms with Crippen LogP contribution in [-0.2, 0) is 11.2 Å². The van der Waals surface area contributed by atoms with E-state index in [4.69, 9.17) is 18.9 Å². The summed E-state index contributed by atoms with van der Waals surface area (Å²) in [5.41, 5.74) is 1.77. The Balaban J connectivity index is 1.27. The molecule has 0 aliphatic rings. The van der Waals surface area contributed by atoms with E-state index in [1.165, 1.54) is 0 Å². The SMILES string of the molecule is O=C(OCCc1ccccc1)c1ccc(OC(=O)c2ccccc2OCCOc2ccccc2)cc1. The van der Waals surface area contributed by atoms with Crippen molar-refractivity contribution in [3.8, 4) is 17.2 Å². The van der Waals surface area contributed by atoms with Crippen molar-refractivity contribution in [2.24, 2.45) is 0 Å². The van der Waals surface area contributed by atoms with Gasteiger partial charge in [-0.25, -0.2) is 9.59 Å². The van der Waals surface area contributed by atoms with E-state index in [0.29, 0.717) is 35.7 Å². The van der Waals surface area contributed by atoms with Gasteiger partial charge in [-0.3, -0.25) is 0 Å².